The molecular weight excluding hydrogens is 370 g/mol. The van der Waals surface area contributed by atoms with Crippen molar-refractivity contribution in [3.63, 3.8) is 0 Å². The Hall–Kier alpha value is -3.16. The topological polar surface area (TPSA) is 96.5 Å². The summed E-state index contributed by atoms with van der Waals surface area (Å²) in [7, 11) is 0. The van der Waals surface area contributed by atoms with E-state index in [9.17, 15) is 9.59 Å². The lowest BCUT2D eigenvalue weighted by atomic mass is 10.1. The predicted octanol–water partition coefficient (Wildman–Crippen LogP) is 2.75. The molecule has 3 rings (SSSR count). The Morgan fingerprint density at radius 1 is 1.17 bits per heavy atom. The Morgan fingerprint density at radius 3 is 2.59 bits per heavy atom. The molecule has 154 valence electrons. The summed E-state index contributed by atoms with van der Waals surface area (Å²) >= 11 is 0. The number of benzene rings is 1. The highest BCUT2D eigenvalue weighted by molar-refractivity contribution is 5.92. The number of hydrogen-bond acceptors (Lipinski definition) is 6. The number of carbonyl (C=O) groups is 2. The van der Waals surface area contributed by atoms with Crippen molar-refractivity contribution in [2.75, 3.05) is 25.0 Å². The first-order valence-electron chi connectivity index (χ1n) is 9.91. The highest BCUT2D eigenvalue weighted by atomic mass is 16.6. The number of piperidine rings is 1. The number of nitrogens with zero attached hydrogens (tertiary/aromatic N) is 3. The average Bonchev–Trinajstić information content (AvgIpc) is 2.73. The summed E-state index contributed by atoms with van der Waals surface area (Å²) in [5.41, 5.74) is 1.36. The van der Waals surface area contributed by atoms with Gasteiger partial charge in [-0.15, -0.1) is 0 Å². The van der Waals surface area contributed by atoms with Gasteiger partial charge in [-0.3, -0.25) is 4.79 Å². The van der Waals surface area contributed by atoms with Crippen molar-refractivity contribution in [3.05, 3.63) is 53.5 Å². The van der Waals surface area contributed by atoms with E-state index in [-0.39, 0.29) is 18.0 Å². The second kappa shape index (κ2) is 9.86. The maximum atomic E-state index is 12.5. The van der Waals surface area contributed by atoms with E-state index in [0.717, 1.165) is 18.4 Å². The second-order valence-corrected chi connectivity index (χ2v) is 6.96. The molecule has 8 heteroatoms. The van der Waals surface area contributed by atoms with E-state index in [4.69, 9.17) is 4.74 Å². The Balaban J connectivity index is 1.56. The molecule has 2 N–H and O–H groups in total. The maximum absolute atomic E-state index is 12.5. The largest absolute Gasteiger partial charge is 0.450 e. The molecule has 2 amide bonds. The lowest BCUT2D eigenvalue weighted by Gasteiger charge is -2.31. The first kappa shape index (κ1) is 20.6. The number of anilines is 1. The van der Waals surface area contributed by atoms with E-state index in [0.29, 0.717) is 43.6 Å². The van der Waals surface area contributed by atoms with Gasteiger partial charge in [0.05, 0.1) is 6.61 Å². The zero-order valence-electron chi connectivity index (χ0n) is 16.9. The molecule has 8 nitrogen and oxygen atoms in total. The average molecular weight is 397 g/mol. The molecular formula is C21H27N5O3. The van der Waals surface area contributed by atoms with E-state index in [1.54, 1.807) is 24.8 Å². The fourth-order valence-electron chi connectivity index (χ4n) is 3.26. The molecule has 1 aliphatic rings. The first-order valence-corrected chi connectivity index (χ1v) is 9.91. The summed E-state index contributed by atoms with van der Waals surface area (Å²) in [6, 6.07) is 11.6. The van der Waals surface area contributed by atoms with Crippen molar-refractivity contribution < 1.29 is 14.3 Å². The van der Waals surface area contributed by atoms with Crippen LogP contribution in [0.3, 0.4) is 0 Å². The molecule has 0 spiro atoms. The Bertz CT molecular complexity index is 835. The predicted molar refractivity (Wildman–Crippen MR) is 110 cm³/mol. The Labute approximate surface area is 170 Å². The van der Waals surface area contributed by atoms with E-state index in [1.807, 2.05) is 30.3 Å². The summed E-state index contributed by atoms with van der Waals surface area (Å²) < 4.78 is 5.05. The molecule has 2 aromatic rings. The SMILES string of the molecule is CCOC(=O)N1CCC(Nc2cc(C(=O)NCc3ccccc3)nc(C)n2)CC1. The van der Waals surface area contributed by atoms with Gasteiger partial charge in [-0.1, -0.05) is 30.3 Å². The molecule has 0 bridgehead atoms. The highest BCUT2D eigenvalue weighted by Crippen LogP contribution is 2.17. The van der Waals surface area contributed by atoms with E-state index < -0.39 is 0 Å². The van der Waals surface area contributed by atoms with Crippen LogP contribution < -0.4 is 10.6 Å². The van der Waals surface area contributed by atoms with Gasteiger partial charge in [0.25, 0.3) is 5.91 Å². The molecule has 2 heterocycles. The first-order chi connectivity index (χ1) is 14.0. The number of ether oxygens (including phenoxy) is 1. The minimum absolute atomic E-state index is 0.176. The minimum atomic E-state index is -0.263. The van der Waals surface area contributed by atoms with Gasteiger partial charge < -0.3 is 20.3 Å². The van der Waals surface area contributed by atoms with Crippen molar-refractivity contribution >= 4 is 17.8 Å². The Kier molecular flexibility index (Phi) is 6.99. The molecule has 0 radical (unpaired) electrons. The van der Waals surface area contributed by atoms with Crippen LogP contribution in [-0.4, -0.2) is 52.6 Å². The van der Waals surface area contributed by atoms with Gasteiger partial charge in [0.1, 0.15) is 17.3 Å². The third kappa shape index (κ3) is 5.91. The second-order valence-electron chi connectivity index (χ2n) is 6.96. The fraction of sp³-hybridized carbons (Fsp3) is 0.429. The number of amides is 2. The van der Waals surface area contributed by atoms with Gasteiger partial charge in [0.15, 0.2) is 0 Å². The van der Waals surface area contributed by atoms with Crippen LogP contribution in [0.25, 0.3) is 0 Å². The number of rotatable bonds is 6. The highest BCUT2D eigenvalue weighted by Gasteiger charge is 2.24. The lowest BCUT2D eigenvalue weighted by molar-refractivity contribution is 0.0943. The third-order valence-electron chi connectivity index (χ3n) is 4.74. The monoisotopic (exact) mass is 397 g/mol. The number of aryl methyl sites for hydroxylation is 1. The number of carbonyl (C=O) groups excluding carboxylic acids is 2. The van der Waals surface area contributed by atoms with Crippen molar-refractivity contribution in [2.45, 2.75) is 39.3 Å². The fourth-order valence-corrected chi connectivity index (χ4v) is 3.26. The number of nitrogens with one attached hydrogen (secondary N) is 2. The molecule has 1 aliphatic heterocycles. The van der Waals surface area contributed by atoms with Gasteiger partial charge in [0, 0.05) is 31.7 Å². The summed E-state index contributed by atoms with van der Waals surface area (Å²) in [6.07, 6.45) is 1.32. The van der Waals surface area contributed by atoms with E-state index in [1.165, 1.54) is 0 Å². The molecule has 0 aliphatic carbocycles. The minimum Gasteiger partial charge on any atom is -0.450 e. The molecule has 1 aromatic carbocycles. The summed E-state index contributed by atoms with van der Waals surface area (Å²) in [6.45, 7) is 5.65. The van der Waals surface area contributed by atoms with Crippen LogP contribution in [-0.2, 0) is 11.3 Å². The lowest BCUT2D eigenvalue weighted by Crippen LogP contribution is -2.42. The van der Waals surface area contributed by atoms with Crippen molar-refractivity contribution in [2.24, 2.45) is 0 Å². The molecule has 29 heavy (non-hydrogen) atoms. The van der Waals surface area contributed by atoms with Crippen LogP contribution in [0.15, 0.2) is 36.4 Å². The normalized spacial score (nSPS) is 14.3. The van der Waals surface area contributed by atoms with Crippen molar-refractivity contribution in [3.8, 4) is 0 Å². The molecule has 1 fully saturated rings. The van der Waals surface area contributed by atoms with Gasteiger partial charge >= 0.3 is 6.09 Å². The summed E-state index contributed by atoms with van der Waals surface area (Å²) in [4.78, 5) is 34.7. The van der Waals surface area contributed by atoms with Crippen molar-refractivity contribution in [1.29, 1.82) is 0 Å². The quantitative estimate of drug-likeness (QED) is 0.778. The van der Waals surface area contributed by atoms with Gasteiger partial charge in [-0.2, -0.15) is 0 Å². The van der Waals surface area contributed by atoms with E-state index >= 15 is 0 Å². The standard InChI is InChI=1S/C21H27N5O3/c1-3-29-21(28)26-11-9-17(10-12-26)25-19-13-18(23-15(2)24-19)20(27)22-14-16-7-5-4-6-8-16/h4-8,13,17H,3,9-12,14H2,1-2H3,(H,22,27)(H,23,24,25). The summed E-state index contributed by atoms with van der Waals surface area (Å²) in [5.74, 6) is 0.917. The zero-order valence-corrected chi connectivity index (χ0v) is 16.9. The number of likely N-dealkylation sites (tertiary alicyclic amines) is 1. The molecule has 1 saturated heterocycles. The Morgan fingerprint density at radius 2 is 1.90 bits per heavy atom. The number of hydrogen-bond donors (Lipinski definition) is 2. The maximum Gasteiger partial charge on any atom is 0.409 e. The molecule has 0 atom stereocenters. The van der Waals surface area contributed by atoms with E-state index in [2.05, 4.69) is 20.6 Å². The van der Waals surface area contributed by atoms with Gasteiger partial charge in [0.2, 0.25) is 0 Å². The van der Waals surface area contributed by atoms with Crippen molar-refractivity contribution in [1.82, 2.24) is 20.2 Å². The molecule has 1 aromatic heterocycles. The zero-order chi connectivity index (χ0) is 20.6. The van der Waals surface area contributed by atoms with Crippen LogP contribution >= 0.6 is 0 Å². The van der Waals surface area contributed by atoms with Crippen LogP contribution in [0.5, 0.6) is 0 Å². The summed E-state index contributed by atoms with van der Waals surface area (Å²) in [5, 5.41) is 6.26. The molecule has 0 unspecified atom stereocenters. The van der Waals surface area contributed by atoms with Gasteiger partial charge in [-0.25, -0.2) is 14.8 Å². The smallest absolute Gasteiger partial charge is 0.409 e. The van der Waals surface area contributed by atoms with Crippen LogP contribution in [0.1, 0.15) is 41.6 Å². The van der Waals surface area contributed by atoms with Crippen LogP contribution in [0.2, 0.25) is 0 Å². The van der Waals surface area contributed by atoms with Gasteiger partial charge in [-0.05, 0) is 32.3 Å². The molecule has 0 saturated carbocycles. The van der Waals surface area contributed by atoms with Crippen LogP contribution in [0, 0.1) is 6.92 Å². The van der Waals surface area contributed by atoms with Crippen LogP contribution in [0.4, 0.5) is 10.6 Å². The third-order valence-corrected chi connectivity index (χ3v) is 4.74. The number of aromatic nitrogens is 2.